The minimum atomic E-state index is -0.525. The number of hydrogen-bond acceptors (Lipinski definition) is 4. The molecule has 0 bridgehead atoms. The molecular weight excluding hydrogens is 351 g/mol. The third kappa shape index (κ3) is 6.32. The van der Waals surface area contributed by atoms with Crippen LogP contribution in [0, 0.1) is 12.7 Å². The van der Waals surface area contributed by atoms with Crippen LogP contribution in [-0.4, -0.2) is 65.9 Å². The zero-order valence-electron chi connectivity index (χ0n) is 16.3. The molecule has 8 heteroatoms. The van der Waals surface area contributed by atoms with Gasteiger partial charge in [-0.25, -0.2) is 9.18 Å². The summed E-state index contributed by atoms with van der Waals surface area (Å²) in [7, 11) is 0. The SMILES string of the molecule is Cc1ccc(C(=O)N2CCN(CC(=O)NC(=O)NC(C)(C)C)CC2)cc1F. The molecule has 27 heavy (non-hydrogen) atoms. The Morgan fingerprint density at radius 1 is 1.11 bits per heavy atom. The Hall–Kier alpha value is -2.48. The van der Waals surface area contributed by atoms with Crippen molar-refractivity contribution in [3.63, 3.8) is 0 Å². The summed E-state index contributed by atoms with van der Waals surface area (Å²) in [4.78, 5) is 39.7. The maximum atomic E-state index is 13.7. The third-order valence-electron chi connectivity index (χ3n) is 4.19. The molecule has 7 nitrogen and oxygen atoms in total. The van der Waals surface area contributed by atoms with Gasteiger partial charge in [0.05, 0.1) is 6.54 Å². The van der Waals surface area contributed by atoms with Gasteiger partial charge in [0.1, 0.15) is 5.82 Å². The monoisotopic (exact) mass is 378 g/mol. The minimum Gasteiger partial charge on any atom is -0.336 e. The van der Waals surface area contributed by atoms with Crippen LogP contribution in [0.1, 0.15) is 36.7 Å². The molecule has 1 aliphatic rings. The van der Waals surface area contributed by atoms with Crippen LogP contribution >= 0.6 is 0 Å². The number of rotatable bonds is 3. The van der Waals surface area contributed by atoms with E-state index in [0.29, 0.717) is 37.3 Å². The fraction of sp³-hybridized carbons (Fsp3) is 0.526. The highest BCUT2D eigenvalue weighted by atomic mass is 19.1. The van der Waals surface area contributed by atoms with Gasteiger partial charge in [-0.15, -0.1) is 0 Å². The van der Waals surface area contributed by atoms with Gasteiger partial charge < -0.3 is 10.2 Å². The smallest absolute Gasteiger partial charge is 0.321 e. The van der Waals surface area contributed by atoms with E-state index in [1.165, 1.54) is 6.07 Å². The summed E-state index contributed by atoms with van der Waals surface area (Å²) in [5.74, 6) is -1.01. The lowest BCUT2D eigenvalue weighted by molar-refractivity contribution is -0.121. The largest absolute Gasteiger partial charge is 0.336 e. The van der Waals surface area contributed by atoms with E-state index in [-0.39, 0.29) is 12.5 Å². The van der Waals surface area contributed by atoms with Crippen molar-refractivity contribution < 1.29 is 18.8 Å². The first-order valence-electron chi connectivity index (χ1n) is 8.95. The molecule has 1 aromatic rings. The van der Waals surface area contributed by atoms with Gasteiger partial charge in [-0.05, 0) is 45.4 Å². The van der Waals surface area contributed by atoms with Gasteiger partial charge in [0, 0.05) is 37.3 Å². The molecule has 0 aromatic heterocycles. The van der Waals surface area contributed by atoms with E-state index < -0.39 is 23.3 Å². The molecule has 0 unspecified atom stereocenters. The predicted octanol–water partition coefficient (Wildman–Crippen LogP) is 1.52. The second-order valence-electron chi connectivity index (χ2n) is 7.78. The average Bonchev–Trinajstić information content (AvgIpc) is 2.55. The second-order valence-corrected chi connectivity index (χ2v) is 7.78. The number of nitrogens with one attached hydrogen (secondary N) is 2. The van der Waals surface area contributed by atoms with Crippen molar-refractivity contribution in [2.75, 3.05) is 32.7 Å². The summed E-state index contributed by atoms with van der Waals surface area (Å²) in [5, 5.41) is 4.97. The summed E-state index contributed by atoms with van der Waals surface area (Å²) in [6.07, 6.45) is 0. The van der Waals surface area contributed by atoms with Gasteiger partial charge in [-0.2, -0.15) is 0 Å². The first-order chi connectivity index (χ1) is 12.5. The number of imide groups is 1. The van der Waals surface area contributed by atoms with Crippen LogP contribution in [0.3, 0.4) is 0 Å². The van der Waals surface area contributed by atoms with Crippen molar-refractivity contribution in [3.05, 3.63) is 35.1 Å². The van der Waals surface area contributed by atoms with Gasteiger partial charge in [0.15, 0.2) is 0 Å². The lowest BCUT2D eigenvalue weighted by Gasteiger charge is -2.34. The Balaban J connectivity index is 1.81. The number of amides is 4. The van der Waals surface area contributed by atoms with Crippen molar-refractivity contribution in [2.24, 2.45) is 0 Å². The highest BCUT2D eigenvalue weighted by molar-refractivity contribution is 5.96. The Morgan fingerprint density at radius 2 is 1.74 bits per heavy atom. The molecule has 1 aromatic carbocycles. The zero-order chi connectivity index (χ0) is 20.2. The number of aryl methyl sites for hydroxylation is 1. The molecule has 0 spiro atoms. The van der Waals surface area contributed by atoms with Crippen LogP contribution in [0.15, 0.2) is 18.2 Å². The van der Waals surface area contributed by atoms with E-state index in [4.69, 9.17) is 0 Å². The number of benzene rings is 1. The molecular formula is C19H27FN4O3. The van der Waals surface area contributed by atoms with E-state index in [1.54, 1.807) is 24.0 Å². The van der Waals surface area contributed by atoms with Crippen LogP contribution < -0.4 is 10.6 Å². The van der Waals surface area contributed by atoms with Crippen molar-refractivity contribution in [1.82, 2.24) is 20.4 Å². The van der Waals surface area contributed by atoms with E-state index in [9.17, 15) is 18.8 Å². The van der Waals surface area contributed by atoms with Gasteiger partial charge in [-0.1, -0.05) is 6.07 Å². The molecule has 1 heterocycles. The molecule has 0 saturated carbocycles. The van der Waals surface area contributed by atoms with Crippen molar-refractivity contribution in [2.45, 2.75) is 33.2 Å². The first kappa shape index (κ1) is 20.8. The first-order valence-corrected chi connectivity index (χ1v) is 8.95. The van der Waals surface area contributed by atoms with E-state index in [2.05, 4.69) is 10.6 Å². The molecule has 0 atom stereocenters. The fourth-order valence-electron chi connectivity index (χ4n) is 2.76. The summed E-state index contributed by atoms with van der Waals surface area (Å²) in [6.45, 7) is 9.11. The standard InChI is InChI=1S/C19H27FN4O3/c1-13-5-6-14(11-15(13)20)17(26)24-9-7-23(8-10-24)12-16(25)21-18(27)22-19(2,3)4/h5-6,11H,7-10,12H2,1-4H3,(H2,21,22,25,27). The van der Waals surface area contributed by atoms with Crippen LogP contribution in [0.5, 0.6) is 0 Å². The van der Waals surface area contributed by atoms with Crippen LogP contribution in [0.25, 0.3) is 0 Å². The predicted molar refractivity (Wildman–Crippen MR) is 99.9 cm³/mol. The quantitative estimate of drug-likeness (QED) is 0.836. The lowest BCUT2D eigenvalue weighted by atomic mass is 10.1. The molecule has 0 radical (unpaired) electrons. The number of carbonyl (C=O) groups is 3. The Bertz CT molecular complexity index is 722. The molecule has 2 rings (SSSR count). The zero-order valence-corrected chi connectivity index (χ0v) is 16.3. The van der Waals surface area contributed by atoms with Crippen molar-refractivity contribution in [1.29, 1.82) is 0 Å². The highest BCUT2D eigenvalue weighted by Crippen LogP contribution is 2.13. The Morgan fingerprint density at radius 3 is 2.30 bits per heavy atom. The van der Waals surface area contributed by atoms with Gasteiger partial charge in [0.2, 0.25) is 5.91 Å². The maximum absolute atomic E-state index is 13.7. The van der Waals surface area contributed by atoms with Gasteiger partial charge in [-0.3, -0.25) is 19.8 Å². The number of urea groups is 1. The maximum Gasteiger partial charge on any atom is 0.321 e. The van der Waals surface area contributed by atoms with Crippen molar-refractivity contribution in [3.8, 4) is 0 Å². The van der Waals surface area contributed by atoms with Crippen LogP contribution in [-0.2, 0) is 4.79 Å². The normalized spacial score (nSPS) is 15.4. The summed E-state index contributed by atoms with van der Waals surface area (Å²) in [6, 6.07) is 3.94. The number of nitrogens with zero attached hydrogens (tertiary/aromatic N) is 2. The van der Waals surface area contributed by atoms with E-state index >= 15 is 0 Å². The van der Waals surface area contributed by atoms with Crippen LogP contribution in [0.4, 0.5) is 9.18 Å². The summed E-state index contributed by atoms with van der Waals surface area (Å²) >= 11 is 0. The summed E-state index contributed by atoms with van der Waals surface area (Å²) < 4.78 is 13.7. The van der Waals surface area contributed by atoms with Crippen LogP contribution in [0.2, 0.25) is 0 Å². The number of piperazine rings is 1. The lowest BCUT2D eigenvalue weighted by Crippen LogP contribution is -2.53. The summed E-state index contributed by atoms with van der Waals surface area (Å²) in [5.41, 5.74) is 0.396. The Labute approximate surface area is 158 Å². The number of hydrogen-bond donors (Lipinski definition) is 2. The molecule has 1 fully saturated rings. The molecule has 4 amide bonds. The third-order valence-corrected chi connectivity index (χ3v) is 4.19. The number of halogens is 1. The van der Waals surface area contributed by atoms with Gasteiger partial charge in [0.25, 0.3) is 5.91 Å². The topological polar surface area (TPSA) is 81.8 Å². The highest BCUT2D eigenvalue weighted by Gasteiger charge is 2.24. The second kappa shape index (κ2) is 8.47. The van der Waals surface area contributed by atoms with E-state index in [0.717, 1.165) is 0 Å². The molecule has 2 N–H and O–H groups in total. The van der Waals surface area contributed by atoms with Gasteiger partial charge >= 0.3 is 6.03 Å². The fourth-order valence-corrected chi connectivity index (χ4v) is 2.76. The average molecular weight is 378 g/mol. The molecule has 0 aliphatic carbocycles. The molecule has 148 valence electrons. The number of carbonyl (C=O) groups excluding carboxylic acids is 3. The van der Waals surface area contributed by atoms with Crippen molar-refractivity contribution >= 4 is 17.8 Å². The molecule has 1 saturated heterocycles. The molecule has 1 aliphatic heterocycles. The minimum absolute atomic E-state index is 0.0821. The Kier molecular flexibility index (Phi) is 6.54. The van der Waals surface area contributed by atoms with E-state index in [1.807, 2.05) is 25.7 Å².